The molecule has 0 saturated carbocycles. The second-order valence-electron chi connectivity index (χ2n) is 6.03. The lowest BCUT2D eigenvalue weighted by molar-refractivity contribution is 0.591. The monoisotopic (exact) mass is 337 g/mol. The molecule has 2 nitrogen and oxygen atoms in total. The van der Waals surface area contributed by atoms with E-state index in [9.17, 15) is 9.13 Å². The topological polar surface area (TPSA) is 34.1 Å². The molecule has 0 atom stereocenters. The molecule has 2 aliphatic rings. The first-order valence-electron chi connectivity index (χ1n) is 8.16. The van der Waals surface area contributed by atoms with Crippen LogP contribution in [-0.4, -0.2) is 6.64 Å². The minimum Gasteiger partial charge on any atom is -0.314 e. The normalized spacial score (nSPS) is 18.5. The summed E-state index contributed by atoms with van der Waals surface area (Å²) in [4.78, 5) is 0. The first-order chi connectivity index (χ1) is 11.6. The third-order valence-electron chi connectivity index (χ3n) is 4.87. The second kappa shape index (κ2) is 4.15. The molecule has 0 aliphatic carbocycles. The molecule has 23 heavy (non-hydrogen) atoms. The van der Waals surface area contributed by atoms with Gasteiger partial charge < -0.3 is 9.13 Å². The molecule has 0 fully saturated rings. The summed E-state index contributed by atoms with van der Waals surface area (Å²) in [5.41, 5.74) is 1.73. The van der Waals surface area contributed by atoms with Crippen LogP contribution in [0.2, 0.25) is 0 Å². The molecule has 0 unspecified atom stereocenters. The molecule has 2 heterocycles. The number of rotatable bonds is 1. The van der Waals surface area contributed by atoms with E-state index in [0.717, 1.165) is 27.0 Å². The van der Waals surface area contributed by atoms with Gasteiger partial charge in [-0.25, -0.2) is 0 Å². The van der Waals surface area contributed by atoms with E-state index in [-0.39, 0.29) is 6.64 Å². The fourth-order valence-corrected chi connectivity index (χ4v) is 9.24. The number of benzene rings is 3. The van der Waals surface area contributed by atoms with Crippen molar-refractivity contribution < 1.29 is 10.5 Å². The molecule has 3 aromatic carbocycles. The zero-order valence-electron chi connectivity index (χ0n) is 13.3. The molecule has 0 N–H and O–H groups in total. The zero-order chi connectivity index (χ0) is 16.5. The Morgan fingerprint density at radius 3 is 1.74 bits per heavy atom. The summed E-state index contributed by atoms with van der Waals surface area (Å²) < 4.78 is 35.6. The fraction of sp³-hybridized carbons (Fsp3) is 0.0526. The van der Waals surface area contributed by atoms with Crippen LogP contribution < -0.4 is 26.5 Å². The summed E-state index contributed by atoms with van der Waals surface area (Å²) in [6, 6.07) is 20.7. The maximum absolute atomic E-state index is 14.2. The molecule has 0 amide bonds. The van der Waals surface area contributed by atoms with Gasteiger partial charge in [-0.05, 0) is 6.64 Å². The van der Waals surface area contributed by atoms with Gasteiger partial charge in [0.25, 0.3) is 0 Å². The van der Waals surface area contributed by atoms with Crippen LogP contribution in [0.3, 0.4) is 0 Å². The molecule has 0 aromatic heterocycles. The quantitative estimate of drug-likeness (QED) is 0.500. The maximum Gasteiger partial charge on any atom is 0.172 e. The fourth-order valence-electron chi connectivity index (χ4n) is 3.87. The highest BCUT2D eigenvalue weighted by Crippen LogP contribution is 2.59. The third kappa shape index (κ3) is 1.42. The van der Waals surface area contributed by atoms with Crippen LogP contribution in [0.4, 0.5) is 0 Å². The number of hydrogen-bond donors (Lipinski definition) is 0. The first-order valence-corrected chi connectivity index (χ1v) is 11.0. The molecule has 0 radical (unpaired) electrons. The highest BCUT2D eigenvalue weighted by Gasteiger charge is 2.49. The molecule has 112 valence electrons. The van der Waals surface area contributed by atoms with Gasteiger partial charge in [0, 0.05) is 39.0 Å². The molecule has 2 aliphatic heterocycles. The predicted molar refractivity (Wildman–Crippen MR) is 97.6 cm³/mol. The van der Waals surface area contributed by atoms with Crippen molar-refractivity contribution in [3.05, 3.63) is 66.7 Å². The van der Waals surface area contributed by atoms with Crippen molar-refractivity contribution in [2.75, 3.05) is 6.64 Å². The van der Waals surface area contributed by atoms with E-state index in [2.05, 4.69) is 0 Å². The van der Waals surface area contributed by atoms with Crippen LogP contribution >= 0.6 is 14.3 Å². The van der Waals surface area contributed by atoms with Gasteiger partial charge in [-0.1, -0.05) is 66.7 Å². The standard InChI is InChI=1S/C19H14O2P2/c1-22(20)14-9-5-11-16-18(14)19-15(22)10-6-12-17(19)23(16,21)13-7-3-2-4-8-13/h2-12H,1H3/i1D. The highest BCUT2D eigenvalue weighted by atomic mass is 31.2. The van der Waals surface area contributed by atoms with E-state index in [4.69, 9.17) is 1.37 Å². The van der Waals surface area contributed by atoms with Crippen molar-refractivity contribution in [3.63, 3.8) is 0 Å². The predicted octanol–water partition coefficient (Wildman–Crippen LogP) is 2.56. The van der Waals surface area contributed by atoms with E-state index >= 15 is 0 Å². The smallest absolute Gasteiger partial charge is 0.172 e. The van der Waals surface area contributed by atoms with E-state index in [1.54, 1.807) is 0 Å². The molecule has 0 saturated heterocycles. The van der Waals surface area contributed by atoms with Crippen molar-refractivity contribution in [2.45, 2.75) is 0 Å². The van der Waals surface area contributed by atoms with Crippen LogP contribution in [0.15, 0.2) is 66.7 Å². The lowest BCUT2D eigenvalue weighted by Crippen LogP contribution is -2.24. The van der Waals surface area contributed by atoms with Crippen LogP contribution in [0.5, 0.6) is 0 Å². The molecule has 4 heteroatoms. The van der Waals surface area contributed by atoms with Crippen molar-refractivity contribution >= 4 is 40.8 Å². The SMILES string of the molecule is [2H]CP1(=O)c2cccc3c2-c2c1cccc2P3(=O)c1ccccc1. The second-order valence-corrected chi connectivity index (χ2v) is 11.2. The Morgan fingerprint density at radius 2 is 1.22 bits per heavy atom. The Hall–Kier alpha value is -1.88. The van der Waals surface area contributed by atoms with Gasteiger partial charge in [0.1, 0.15) is 7.14 Å². The van der Waals surface area contributed by atoms with E-state index in [1.807, 2.05) is 66.7 Å². The van der Waals surface area contributed by atoms with Gasteiger partial charge in [-0.3, -0.25) is 0 Å². The lowest BCUT2D eigenvalue weighted by Gasteiger charge is -2.19. The zero-order valence-corrected chi connectivity index (χ0v) is 14.1. The summed E-state index contributed by atoms with van der Waals surface area (Å²) in [6.07, 6.45) is 0. The van der Waals surface area contributed by atoms with Crippen molar-refractivity contribution in [1.82, 2.24) is 0 Å². The van der Waals surface area contributed by atoms with E-state index < -0.39 is 14.3 Å². The maximum atomic E-state index is 14.2. The molecular weight excluding hydrogens is 322 g/mol. The van der Waals surface area contributed by atoms with Gasteiger partial charge in [0.2, 0.25) is 0 Å². The number of hydrogen-bond acceptors (Lipinski definition) is 2. The summed E-state index contributed by atoms with van der Waals surface area (Å²) in [5.74, 6) is 0. The summed E-state index contributed by atoms with van der Waals surface area (Å²) in [6.45, 7) is -0.143. The minimum atomic E-state index is -2.94. The Balaban J connectivity index is 1.98. The first kappa shape index (κ1) is 12.5. The summed E-state index contributed by atoms with van der Waals surface area (Å²) in [5, 5.41) is 3.79. The van der Waals surface area contributed by atoms with Crippen molar-refractivity contribution in [1.29, 1.82) is 0 Å². The van der Waals surface area contributed by atoms with Crippen LogP contribution in [0.25, 0.3) is 11.1 Å². The highest BCUT2D eigenvalue weighted by molar-refractivity contribution is 7.87. The van der Waals surface area contributed by atoms with Crippen LogP contribution in [0.1, 0.15) is 1.37 Å². The minimum absolute atomic E-state index is 0.143. The van der Waals surface area contributed by atoms with Gasteiger partial charge in [-0.15, -0.1) is 0 Å². The van der Waals surface area contributed by atoms with E-state index in [1.165, 1.54) is 0 Å². The van der Waals surface area contributed by atoms with Crippen molar-refractivity contribution in [2.24, 2.45) is 0 Å². The van der Waals surface area contributed by atoms with Gasteiger partial charge >= 0.3 is 0 Å². The van der Waals surface area contributed by atoms with Crippen LogP contribution in [0, 0.1) is 0 Å². The Kier molecular flexibility index (Phi) is 2.26. The largest absolute Gasteiger partial charge is 0.314 e. The molecule has 0 bridgehead atoms. The Labute approximate surface area is 136 Å². The van der Waals surface area contributed by atoms with Gasteiger partial charge in [-0.2, -0.15) is 0 Å². The van der Waals surface area contributed by atoms with Gasteiger partial charge in [0.05, 0.1) is 0 Å². The van der Waals surface area contributed by atoms with Gasteiger partial charge in [0.15, 0.2) is 7.14 Å². The Bertz CT molecular complexity index is 1040. The molecule has 5 rings (SSSR count). The van der Waals surface area contributed by atoms with Crippen molar-refractivity contribution in [3.8, 4) is 11.1 Å². The lowest BCUT2D eigenvalue weighted by atomic mass is 10.1. The third-order valence-corrected chi connectivity index (χ3v) is 10.3. The molecular formula is C19H14O2P2. The van der Waals surface area contributed by atoms with E-state index in [0.29, 0.717) is 10.6 Å². The summed E-state index contributed by atoms with van der Waals surface area (Å²) >= 11 is 0. The molecule has 3 aromatic rings. The average molecular weight is 337 g/mol. The summed E-state index contributed by atoms with van der Waals surface area (Å²) in [7, 11) is -5.86. The Morgan fingerprint density at radius 1 is 0.696 bits per heavy atom. The average Bonchev–Trinajstić information content (AvgIpc) is 3.07. The molecule has 0 spiro atoms. The van der Waals surface area contributed by atoms with Crippen LogP contribution in [-0.2, 0) is 9.13 Å².